The SMILES string of the molecule is CC(C)(N)CCOc1ccc(B2OC(C)(C)C(C)(C)O2)cc1. The van der Waals surface area contributed by atoms with E-state index in [1.165, 1.54) is 0 Å². The van der Waals surface area contributed by atoms with Gasteiger partial charge in [-0.25, -0.2) is 0 Å². The Morgan fingerprint density at radius 1 is 1.05 bits per heavy atom. The molecule has 0 spiro atoms. The van der Waals surface area contributed by atoms with Crippen molar-refractivity contribution in [3.05, 3.63) is 24.3 Å². The van der Waals surface area contributed by atoms with Crippen LogP contribution in [0.2, 0.25) is 0 Å². The monoisotopic (exact) mass is 305 g/mol. The molecular formula is C17H28BNO3. The minimum atomic E-state index is -0.331. The molecule has 2 rings (SSSR count). The molecule has 0 aromatic heterocycles. The molecule has 0 radical (unpaired) electrons. The predicted molar refractivity (Wildman–Crippen MR) is 90.5 cm³/mol. The minimum Gasteiger partial charge on any atom is -0.494 e. The van der Waals surface area contributed by atoms with Crippen molar-refractivity contribution < 1.29 is 14.0 Å². The van der Waals surface area contributed by atoms with Gasteiger partial charge in [0.2, 0.25) is 0 Å². The first-order chi connectivity index (χ1) is 10.0. The predicted octanol–water partition coefficient (Wildman–Crippen LogP) is 2.49. The zero-order valence-corrected chi connectivity index (χ0v) is 14.6. The van der Waals surface area contributed by atoms with Crippen LogP contribution in [0.3, 0.4) is 0 Å². The van der Waals surface area contributed by atoms with E-state index in [0.29, 0.717) is 6.61 Å². The van der Waals surface area contributed by atoms with Crippen LogP contribution in [0.25, 0.3) is 0 Å². The van der Waals surface area contributed by atoms with Gasteiger partial charge in [-0.2, -0.15) is 0 Å². The number of hydrogen-bond acceptors (Lipinski definition) is 4. The molecule has 1 aliphatic rings. The molecule has 5 heteroatoms. The zero-order chi connectivity index (χ0) is 16.6. The first kappa shape index (κ1) is 17.3. The number of ether oxygens (including phenoxy) is 1. The van der Waals surface area contributed by atoms with Crippen LogP contribution in [0.5, 0.6) is 5.75 Å². The second-order valence-corrected chi connectivity index (χ2v) is 7.74. The molecule has 1 aromatic carbocycles. The Hall–Kier alpha value is -1.04. The van der Waals surface area contributed by atoms with Gasteiger partial charge in [0.05, 0.1) is 17.8 Å². The molecule has 122 valence electrons. The van der Waals surface area contributed by atoms with Crippen LogP contribution < -0.4 is 15.9 Å². The van der Waals surface area contributed by atoms with E-state index in [0.717, 1.165) is 17.6 Å². The number of hydrogen-bond donors (Lipinski definition) is 1. The van der Waals surface area contributed by atoms with Crippen LogP contribution in [0, 0.1) is 0 Å². The van der Waals surface area contributed by atoms with Gasteiger partial charge in [0, 0.05) is 5.54 Å². The first-order valence-corrected chi connectivity index (χ1v) is 7.87. The number of rotatable bonds is 5. The van der Waals surface area contributed by atoms with Crippen LogP contribution in [0.4, 0.5) is 0 Å². The van der Waals surface area contributed by atoms with Gasteiger partial charge in [-0.1, -0.05) is 12.1 Å². The van der Waals surface area contributed by atoms with Gasteiger partial charge in [-0.15, -0.1) is 0 Å². The Morgan fingerprint density at radius 3 is 2.00 bits per heavy atom. The molecule has 22 heavy (non-hydrogen) atoms. The van der Waals surface area contributed by atoms with E-state index < -0.39 is 0 Å². The summed E-state index contributed by atoms with van der Waals surface area (Å²) in [5.41, 5.74) is 6.10. The van der Waals surface area contributed by atoms with Crippen molar-refractivity contribution in [2.75, 3.05) is 6.61 Å². The average molecular weight is 305 g/mol. The van der Waals surface area contributed by atoms with E-state index in [-0.39, 0.29) is 23.9 Å². The topological polar surface area (TPSA) is 53.7 Å². The van der Waals surface area contributed by atoms with Crippen molar-refractivity contribution in [2.45, 2.75) is 64.7 Å². The molecule has 1 aromatic rings. The van der Waals surface area contributed by atoms with Crippen LogP contribution >= 0.6 is 0 Å². The van der Waals surface area contributed by atoms with Crippen molar-refractivity contribution in [2.24, 2.45) is 5.73 Å². The normalized spacial score (nSPS) is 20.2. The standard InChI is InChI=1S/C17H28BNO3/c1-15(2,19)11-12-20-14-9-7-13(8-10-14)18-21-16(3,4)17(5,6)22-18/h7-10H,11-12,19H2,1-6H3. The molecule has 0 unspecified atom stereocenters. The van der Waals surface area contributed by atoms with Crippen LogP contribution in [0.1, 0.15) is 48.0 Å². The molecule has 1 fully saturated rings. The molecule has 0 atom stereocenters. The molecular weight excluding hydrogens is 277 g/mol. The van der Waals surface area contributed by atoms with Gasteiger partial charge < -0.3 is 19.8 Å². The third kappa shape index (κ3) is 4.03. The van der Waals surface area contributed by atoms with Crippen molar-refractivity contribution in [1.29, 1.82) is 0 Å². The third-order valence-corrected chi connectivity index (χ3v) is 4.42. The van der Waals surface area contributed by atoms with Gasteiger partial charge in [-0.05, 0) is 65.6 Å². The molecule has 0 saturated carbocycles. The summed E-state index contributed by atoms with van der Waals surface area (Å²) in [6.45, 7) is 12.8. The fraction of sp³-hybridized carbons (Fsp3) is 0.647. The van der Waals surface area contributed by atoms with Gasteiger partial charge in [-0.3, -0.25) is 0 Å². The summed E-state index contributed by atoms with van der Waals surface area (Å²) in [6, 6.07) is 7.88. The Labute approximate surface area is 134 Å². The fourth-order valence-electron chi connectivity index (χ4n) is 2.13. The average Bonchev–Trinajstić information content (AvgIpc) is 2.58. The van der Waals surface area contributed by atoms with E-state index in [1.807, 2.05) is 38.1 Å². The summed E-state index contributed by atoms with van der Waals surface area (Å²) in [4.78, 5) is 0. The van der Waals surface area contributed by atoms with Crippen LogP contribution in [0.15, 0.2) is 24.3 Å². The molecule has 1 saturated heterocycles. The molecule has 0 bridgehead atoms. The second kappa shape index (κ2) is 5.87. The zero-order valence-electron chi connectivity index (χ0n) is 14.6. The van der Waals surface area contributed by atoms with E-state index in [9.17, 15) is 0 Å². The minimum absolute atomic E-state index is 0.206. The Kier molecular flexibility index (Phi) is 4.62. The summed E-state index contributed by atoms with van der Waals surface area (Å²) in [6.07, 6.45) is 0.811. The lowest BCUT2D eigenvalue weighted by Gasteiger charge is -2.32. The quantitative estimate of drug-likeness (QED) is 0.849. The maximum absolute atomic E-state index is 6.04. The first-order valence-electron chi connectivity index (χ1n) is 7.87. The lowest BCUT2D eigenvalue weighted by atomic mass is 9.79. The van der Waals surface area contributed by atoms with Gasteiger partial charge in [0.25, 0.3) is 0 Å². The van der Waals surface area contributed by atoms with E-state index in [2.05, 4.69) is 27.7 Å². The summed E-state index contributed by atoms with van der Waals surface area (Å²) < 4.78 is 17.8. The van der Waals surface area contributed by atoms with Gasteiger partial charge in [0.15, 0.2) is 0 Å². The largest absolute Gasteiger partial charge is 0.494 e. The Morgan fingerprint density at radius 2 is 1.55 bits per heavy atom. The lowest BCUT2D eigenvalue weighted by molar-refractivity contribution is 0.00578. The highest BCUT2D eigenvalue weighted by molar-refractivity contribution is 6.62. The van der Waals surface area contributed by atoms with Crippen LogP contribution in [-0.4, -0.2) is 30.5 Å². The Balaban J connectivity index is 1.96. The fourth-order valence-corrected chi connectivity index (χ4v) is 2.13. The highest BCUT2D eigenvalue weighted by Gasteiger charge is 2.51. The summed E-state index contributed by atoms with van der Waals surface area (Å²) >= 11 is 0. The molecule has 0 aliphatic carbocycles. The smallest absolute Gasteiger partial charge is 0.494 e. The number of benzene rings is 1. The van der Waals surface area contributed by atoms with Gasteiger partial charge >= 0.3 is 7.12 Å². The summed E-state index contributed by atoms with van der Waals surface area (Å²) in [5, 5.41) is 0. The highest BCUT2D eigenvalue weighted by atomic mass is 16.7. The van der Waals surface area contributed by atoms with Crippen molar-refractivity contribution in [3.8, 4) is 5.75 Å². The highest BCUT2D eigenvalue weighted by Crippen LogP contribution is 2.36. The molecule has 0 amide bonds. The van der Waals surface area contributed by atoms with Gasteiger partial charge in [0.1, 0.15) is 5.75 Å². The molecule has 2 N–H and O–H groups in total. The Bertz CT molecular complexity index is 490. The van der Waals surface area contributed by atoms with Crippen molar-refractivity contribution in [3.63, 3.8) is 0 Å². The third-order valence-electron chi connectivity index (χ3n) is 4.42. The van der Waals surface area contributed by atoms with Crippen molar-refractivity contribution in [1.82, 2.24) is 0 Å². The maximum Gasteiger partial charge on any atom is 0.494 e. The van der Waals surface area contributed by atoms with Crippen LogP contribution in [-0.2, 0) is 9.31 Å². The van der Waals surface area contributed by atoms with E-state index in [4.69, 9.17) is 19.8 Å². The van der Waals surface area contributed by atoms with E-state index >= 15 is 0 Å². The van der Waals surface area contributed by atoms with E-state index in [1.54, 1.807) is 0 Å². The van der Waals surface area contributed by atoms with Crippen molar-refractivity contribution >= 4 is 12.6 Å². The molecule has 1 heterocycles. The second-order valence-electron chi connectivity index (χ2n) is 7.74. The maximum atomic E-state index is 6.04. The summed E-state index contributed by atoms with van der Waals surface area (Å²) in [7, 11) is -0.331. The number of nitrogens with two attached hydrogens (primary N) is 1. The molecule has 1 aliphatic heterocycles. The molecule has 4 nitrogen and oxygen atoms in total. The lowest BCUT2D eigenvalue weighted by Crippen LogP contribution is -2.41. The summed E-state index contributed by atoms with van der Waals surface area (Å²) in [5.74, 6) is 0.838.